The van der Waals surface area contributed by atoms with E-state index in [2.05, 4.69) is 10.2 Å². The molecule has 0 aliphatic rings. The number of aryl methyl sites for hydroxylation is 2. The summed E-state index contributed by atoms with van der Waals surface area (Å²) in [4.78, 5) is 10.8. The zero-order valence-corrected chi connectivity index (χ0v) is 9.82. The maximum atomic E-state index is 10.8. The number of nitrogens with zero attached hydrogens (tertiary/aromatic N) is 1. The Morgan fingerprint density at radius 1 is 1.29 bits per heavy atom. The first kappa shape index (κ1) is 11.4. The minimum Gasteiger partial charge on any atom is -0.481 e. The fourth-order valence-corrected chi connectivity index (χ4v) is 1.77. The molecule has 17 heavy (non-hydrogen) atoms. The van der Waals surface area contributed by atoms with Crippen molar-refractivity contribution in [1.82, 2.24) is 10.2 Å². The summed E-state index contributed by atoms with van der Waals surface area (Å²) in [5, 5.41) is 15.9. The van der Waals surface area contributed by atoms with E-state index in [0.29, 0.717) is 0 Å². The largest absolute Gasteiger partial charge is 0.481 e. The summed E-state index contributed by atoms with van der Waals surface area (Å²) >= 11 is 0. The second kappa shape index (κ2) is 4.41. The SMILES string of the molecule is Cc1ccc(-c2n[nH]c(C)c2CC(=O)O)cc1. The third kappa shape index (κ3) is 2.36. The standard InChI is InChI=1S/C13H14N2O2/c1-8-3-5-10(6-4-8)13-11(7-12(16)17)9(2)14-15-13/h3-6H,7H2,1-2H3,(H,14,15)(H,16,17). The molecule has 0 amide bonds. The van der Waals surface area contributed by atoms with E-state index in [0.717, 1.165) is 22.5 Å². The van der Waals surface area contributed by atoms with Crippen LogP contribution >= 0.6 is 0 Å². The maximum Gasteiger partial charge on any atom is 0.307 e. The first-order valence-corrected chi connectivity index (χ1v) is 5.40. The fraction of sp³-hybridized carbons (Fsp3) is 0.231. The van der Waals surface area contributed by atoms with Gasteiger partial charge in [0.15, 0.2) is 0 Å². The van der Waals surface area contributed by atoms with Crippen LogP contribution in [-0.2, 0) is 11.2 Å². The molecule has 88 valence electrons. The van der Waals surface area contributed by atoms with Gasteiger partial charge in [-0.05, 0) is 13.8 Å². The van der Waals surface area contributed by atoms with E-state index >= 15 is 0 Å². The van der Waals surface area contributed by atoms with Gasteiger partial charge in [-0.2, -0.15) is 5.10 Å². The number of hydrogen-bond donors (Lipinski definition) is 2. The van der Waals surface area contributed by atoms with Crippen molar-refractivity contribution in [2.24, 2.45) is 0 Å². The van der Waals surface area contributed by atoms with Gasteiger partial charge in [-0.15, -0.1) is 0 Å². The number of H-pyrrole nitrogens is 1. The Hall–Kier alpha value is -2.10. The first-order valence-electron chi connectivity index (χ1n) is 5.40. The Morgan fingerprint density at radius 2 is 1.94 bits per heavy atom. The second-order valence-corrected chi connectivity index (χ2v) is 4.11. The van der Waals surface area contributed by atoms with Crippen molar-refractivity contribution >= 4 is 5.97 Å². The predicted octanol–water partition coefficient (Wildman–Crippen LogP) is 2.32. The molecule has 0 aliphatic carbocycles. The number of carbonyl (C=O) groups is 1. The lowest BCUT2D eigenvalue weighted by Crippen LogP contribution is -2.02. The summed E-state index contributed by atoms with van der Waals surface area (Å²) in [6.45, 7) is 3.85. The molecule has 0 atom stereocenters. The zero-order chi connectivity index (χ0) is 12.4. The van der Waals surface area contributed by atoms with Gasteiger partial charge >= 0.3 is 5.97 Å². The molecule has 0 spiro atoms. The molecule has 0 saturated carbocycles. The monoisotopic (exact) mass is 230 g/mol. The minimum absolute atomic E-state index is 0.00839. The van der Waals surface area contributed by atoms with Crippen molar-refractivity contribution in [2.75, 3.05) is 0 Å². The van der Waals surface area contributed by atoms with E-state index < -0.39 is 5.97 Å². The van der Waals surface area contributed by atoms with E-state index in [1.807, 2.05) is 38.1 Å². The molecule has 0 bridgehead atoms. The zero-order valence-electron chi connectivity index (χ0n) is 9.82. The summed E-state index contributed by atoms with van der Waals surface area (Å²) in [5.74, 6) is -0.845. The summed E-state index contributed by atoms with van der Waals surface area (Å²) in [6, 6.07) is 7.89. The molecular formula is C13H14N2O2. The molecular weight excluding hydrogens is 216 g/mol. The number of carboxylic acids is 1. The van der Waals surface area contributed by atoms with Crippen LogP contribution in [-0.4, -0.2) is 21.3 Å². The molecule has 1 heterocycles. The molecule has 0 aliphatic heterocycles. The van der Waals surface area contributed by atoms with Crippen molar-refractivity contribution in [3.8, 4) is 11.3 Å². The van der Waals surface area contributed by atoms with Crippen LogP contribution in [0.2, 0.25) is 0 Å². The average Bonchev–Trinajstić information content (AvgIpc) is 2.61. The molecule has 0 radical (unpaired) electrons. The van der Waals surface area contributed by atoms with Crippen LogP contribution in [0.4, 0.5) is 0 Å². The lowest BCUT2D eigenvalue weighted by molar-refractivity contribution is -0.136. The minimum atomic E-state index is -0.845. The Morgan fingerprint density at radius 3 is 2.53 bits per heavy atom. The topological polar surface area (TPSA) is 66.0 Å². The summed E-state index contributed by atoms with van der Waals surface area (Å²) < 4.78 is 0. The fourth-order valence-electron chi connectivity index (χ4n) is 1.77. The van der Waals surface area contributed by atoms with E-state index in [9.17, 15) is 4.79 Å². The average molecular weight is 230 g/mol. The van der Waals surface area contributed by atoms with Crippen LogP contribution in [0.3, 0.4) is 0 Å². The molecule has 2 rings (SSSR count). The van der Waals surface area contributed by atoms with E-state index in [1.54, 1.807) is 0 Å². The van der Waals surface area contributed by atoms with Crippen molar-refractivity contribution in [3.63, 3.8) is 0 Å². The first-order chi connectivity index (χ1) is 8.08. The molecule has 4 heteroatoms. The highest BCUT2D eigenvalue weighted by molar-refractivity contribution is 5.75. The van der Waals surface area contributed by atoms with Gasteiger partial charge in [-0.3, -0.25) is 9.89 Å². The summed E-state index contributed by atoms with van der Waals surface area (Å²) in [7, 11) is 0. The smallest absolute Gasteiger partial charge is 0.307 e. The van der Waals surface area contributed by atoms with Crippen LogP contribution in [0.5, 0.6) is 0 Å². The summed E-state index contributed by atoms with van der Waals surface area (Å²) in [5.41, 5.74) is 4.39. The lowest BCUT2D eigenvalue weighted by atomic mass is 10.0. The van der Waals surface area contributed by atoms with Gasteiger partial charge in [0.1, 0.15) is 0 Å². The number of aromatic nitrogens is 2. The third-order valence-electron chi connectivity index (χ3n) is 2.73. The van der Waals surface area contributed by atoms with E-state index in [-0.39, 0.29) is 6.42 Å². The molecule has 1 aromatic heterocycles. The number of benzene rings is 1. The normalized spacial score (nSPS) is 10.5. The van der Waals surface area contributed by atoms with Gasteiger partial charge in [-0.1, -0.05) is 29.8 Å². The molecule has 2 N–H and O–H groups in total. The van der Waals surface area contributed by atoms with Crippen LogP contribution < -0.4 is 0 Å². The number of carboxylic acid groups (broad SMARTS) is 1. The van der Waals surface area contributed by atoms with Gasteiger partial charge in [0.05, 0.1) is 12.1 Å². The van der Waals surface area contributed by atoms with Crippen molar-refractivity contribution < 1.29 is 9.90 Å². The predicted molar refractivity (Wildman–Crippen MR) is 64.8 cm³/mol. The molecule has 0 saturated heterocycles. The number of hydrogen-bond acceptors (Lipinski definition) is 2. The number of aliphatic carboxylic acids is 1. The van der Waals surface area contributed by atoms with Crippen LogP contribution in [0.1, 0.15) is 16.8 Å². The van der Waals surface area contributed by atoms with Gasteiger partial charge in [0.25, 0.3) is 0 Å². The molecule has 0 fully saturated rings. The van der Waals surface area contributed by atoms with Gasteiger partial charge in [-0.25, -0.2) is 0 Å². The van der Waals surface area contributed by atoms with Crippen molar-refractivity contribution in [3.05, 3.63) is 41.1 Å². The molecule has 4 nitrogen and oxygen atoms in total. The Balaban J connectivity index is 2.45. The Bertz CT molecular complexity index is 541. The number of nitrogens with one attached hydrogen (secondary N) is 1. The van der Waals surface area contributed by atoms with E-state index in [1.165, 1.54) is 5.56 Å². The number of aromatic amines is 1. The van der Waals surface area contributed by atoms with Gasteiger partial charge in [0, 0.05) is 16.8 Å². The van der Waals surface area contributed by atoms with Crippen LogP contribution in [0.25, 0.3) is 11.3 Å². The van der Waals surface area contributed by atoms with Gasteiger partial charge in [0.2, 0.25) is 0 Å². The van der Waals surface area contributed by atoms with Gasteiger partial charge < -0.3 is 5.11 Å². The highest BCUT2D eigenvalue weighted by Gasteiger charge is 2.14. The Kier molecular flexibility index (Phi) is 2.95. The van der Waals surface area contributed by atoms with Crippen molar-refractivity contribution in [2.45, 2.75) is 20.3 Å². The highest BCUT2D eigenvalue weighted by Crippen LogP contribution is 2.24. The summed E-state index contributed by atoms with van der Waals surface area (Å²) in [6.07, 6.45) is -0.00839. The maximum absolute atomic E-state index is 10.8. The number of rotatable bonds is 3. The van der Waals surface area contributed by atoms with Crippen LogP contribution in [0.15, 0.2) is 24.3 Å². The Labute approximate surface area is 99.3 Å². The van der Waals surface area contributed by atoms with Crippen molar-refractivity contribution in [1.29, 1.82) is 0 Å². The lowest BCUT2D eigenvalue weighted by Gasteiger charge is -2.02. The quantitative estimate of drug-likeness (QED) is 0.850. The molecule has 1 aromatic carbocycles. The third-order valence-corrected chi connectivity index (χ3v) is 2.73. The second-order valence-electron chi connectivity index (χ2n) is 4.11. The van der Waals surface area contributed by atoms with Crippen LogP contribution in [0, 0.1) is 13.8 Å². The molecule has 2 aromatic rings. The highest BCUT2D eigenvalue weighted by atomic mass is 16.4. The molecule has 0 unspecified atom stereocenters. The van der Waals surface area contributed by atoms with E-state index in [4.69, 9.17) is 5.11 Å².